The molecule has 0 aliphatic heterocycles. The summed E-state index contributed by atoms with van der Waals surface area (Å²) in [5, 5.41) is 0. The van der Waals surface area contributed by atoms with Crippen molar-refractivity contribution in [2.45, 2.75) is 24.9 Å². The predicted molar refractivity (Wildman–Crippen MR) is 47.7 cm³/mol. The highest BCUT2D eigenvalue weighted by Gasteiger charge is 2.29. The van der Waals surface area contributed by atoms with Crippen LogP contribution in [-0.4, -0.2) is 23.5 Å². The van der Waals surface area contributed by atoms with Crippen LogP contribution in [0.2, 0.25) is 0 Å². The Balaban J connectivity index is 3.75. The Morgan fingerprint density at radius 1 is 1.50 bits per heavy atom. The average Bonchev–Trinajstić information content (AvgIpc) is 2.00. The monoisotopic (exact) mass is 277 g/mol. The first-order valence-corrected chi connectivity index (χ1v) is 4.78. The van der Waals surface area contributed by atoms with Gasteiger partial charge >= 0.3 is 6.18 Å². The highest BCUT2D eigenvalue weighted by atomic mass is 79.9. The lowest BCUT2D eigenvalue weighted by atomic mass is 10.1. The Morgan fingerprint density at radius 3 is 2.36 bits per heavy atom. The first-order chi connectivity index (χ1) is 6.24. The van der Waals surface area contributed by atoms with Crippen molar-refractivity contribution in [2.75, 3.05) is 6.61 Å². The second-order valence-electron chi connectivity index (χ2n) is 3.02. The molecular formula is C7H11BrF3NO2. The number of hydrogen-bond acceptors (Lipinski definition) is 2. The minimum Gasteiger partial charge on any atom is -0.271 e. The van der Waals surface area contributed by atoms with Crippen LogP contribution in [0.3, 0.4) is 0 Å². The van der Waals surface area contributed by atoms with Crippen LogP contribution >= 0.6 is 15.9 Å². The number of hydrogen-bond donors (Lipinski definition) is 1. The van der Waals surface area contributed by atoms with E-state index in [4.69, 9.17) is 0 Å². The van der Waals surface area contributed by atoms with Gasteiger partial charge in [0.05, 0.1) is 4.83 Å². The number of carbonyl (C=O) groups excluding carboxylic acids is 1. The molecule has 84 valence electrons. The van der Waals surface area contributed by atoms with Crippen molar-refractivity contribution in [3.05, 3.63) is 0 Å². The molecule has 0 aromatic heterocycles. The maximum Gasteiger partial charge on any atom is 0.414 e. The molecule has 7 heteroatoms. The largest absolute Gasteiger partial charge is 0.414 e. The Labute approximate surface area is 88.1 Å². The van der Waals surface area contributed by atoms with Crippen molar-refractivity contribution in [2.24, 2.45) is 5.92 Å². The van der Waals surface area contributed by atoms with Gasteiger partial charge in [0.1, 0.15) is 0 Å². The molecule has 0 aromatic carbocycles. The standard InChI is InChI=1S/C7H11BrF3NO2/c1-4(2)5(8)6(13)12-14-3-7(9,10)11/h4-5H,3H2,1-2H3,(H,12,13). The van der Waals surface area contributed by atoms with Crippen molar-refractivity contribution in [3.63, 3.8) is 0 Å². The van der Waals surface area contributed by atoms with Gasteiger partial charge in [-0.2, -0.15) is 13.2 Å². The fourth-order valence-corrected chi connectivity index (χ4v) is 0.642. The van der Waals surface area contributed by atoms with Gasteiger partial charge in [0, 0.05) is 0 Å². The number of nitrogens with one attached hydrogen (secondary N) is 1. The second-order valence-corrected chi connectivity index (χ2v) is 4.00. The number of hydroxylamine groups is 1. The van der Waals surface area contributed by atoms with E-state index < -0.39 is 23.5 Å². The van der Waals surface area contributed by atoms with E-state index in [-0.39, 0.29) is 5.92 Å². The molecular weight excluding hydrogens is 267 g/mol. The summed E-state index contributed by atoms with van der Waals surface area (Å²) in [5.41, 5.74) is 1.71. The minimum atomic E-state index is -4.44. The zero-order chi connectivity index (χ0) is 11.4. The maximum absolute atomic E-state index is 11.6. The molecule has 3 nitrogen and oxygen atoms in total. The van der Waals surface area contributed by atoms with Gasteiger partial charge in [0.2, 0.25) is 0 Å². The Morgan fingerprint density at radius 2 is 2.00 bits per heavy atom. The Kier molecular flexibility index (Phi) is 5.43. The molecule has 0 heterocycles. The summed E-state index contributed by atoms with van der Waals surface area (Å²) in [5.74, 6) is -0.645. The molecule has 1 N–H and O–H groups in total. The molecule has 0 aromatic rings. The zero-order valence-corrected chi connectivity index (χ0v) is 9.28. The second kappa shape index (κ2) is 5.55. The molecule has 0 aliphatic rings. The van der Waals surface area contributed by atoms with Crippen LogP contribution in [0.5, 0.6) is 0 Å². The van der Waals surface area contributed by atoms with Gasteiger partial charge in [-0.05, 0) is 5.92 Å². The van der Waals surface area contributed by atoms with Gasteiger partial charge in [0.15, 0.2) is 6.61 Å². The van der Waals surface area contributed by atoms with Crippen molar-refractivity contribution in [1.29, 1.82) is 0 Å². The lowest BCUT2D eigenvalue weighted by molar-refractivity contribution is -0.191. The number of amides is 1. The third kappa shape index (κ3) is 6.20. The predicted octanol–water partition coefficient (Wildman–Crippen LogP) is 2.02. The topological polar surface area (TPSA) is 38.3 Å². The van der Waals surface area contributed by atoms with E-state index in [1.165, 1.54) is 0 Å². The third-order valence-electron chi connectivity index (χ3n) is 1.24. The molecule has 0 radical (unpaired) electrons. The normalized spacial score (nSPS) is 14.2. The summed E-state index contributed by atoms with van der Waals surface area (Å²) in [4.78, 5) is 14.4. The smallest absolute Gasteiger partial charge is 0.271 e. The molecule has 0 rings (SSSR count). The molecule has 1 amide bonds. The van der Waals surface area contributed by atoms with Gasteiger partial charge < -0.3 is 0 Å². The Hall–Kier alpha value is -0.300. The van der Waals surface area contributed by atoms with E-state index >= 15 is 0 Å². The summed E-state index contributed by atoms with van der Waals surface area (Å²) in [6.07, 6.45) is -4.44. The molecule has 0 spiro atoms. The molecule has 1 atom stereocenters. The summed E-state index contributed by atoms with van der Waals surface area (Å²) in [6, 6.07) is 0. The summed E-state index contributed by atoms with van der Waals surface area (Å²) in [7, 11) is 0. The van der Waals surface area contributed by atoms with E-state index in [0.717, 1.165) is 0 Å². The van der Waals surface area contributed by atoms with E-state index in [1.807, 2.05) is 0 Å². The first-order valence-electron chi connectivity index (χ1n) is 3.86. The van der Waals surface area contributed by atoms with Gasteiger partial charge in [-0.15, -0.1) is 0 Å². The fourth-order valence-electron chi connectivity index (χ4n) is 0.548. The zero-order valence-electron chi connectivity index (χ0n) is 7.69. The molecule has 0 fully saturated rings. The quantitative estimate of drug-likeness (QED) is 0.631. The van der Waals surface area contributed by atoms with Gasteiger partial charge in [0.25, 0.3) is 5.91 Å². The first kappa shape index (κ1) is 13.7. The van der Waals surface area contributed by atoms with E-state index in [1.54, 1.807) is 19.3 Å². The minimum absolute atomic E-state index is 0.0236. The Bertz CT molecular complexity index is 196. The van der Waals surface area contributed by atoms with Crippen LogP contribution in [-0.2, 0) is 9.63 Å². The van der Waals surface area contributed by atoms with Crippen molar-refractivity contribution >= 4 is 21.8 Å². The van der Waals surface area contributed by atoms with E-state index in [0.29, 0.717) is 0 Å². The third-order valence-corrected chi connectivity index (χ3v) is 2.72. The molecule has 0 saturated heterocycles. The molecule has 0 bridgehead atoms. The van der Waals surface area contributed by atoms with Gasteiger partial charge in [-0.3, -0.25) is 9.63 Å². The summed E-state index contributed by atoms with van der Waals surface area (Å²) in [6.45, 7) is 2.02. The SMILES string of the molecule is CC(C)C(Br)C(=O)NOCC(F)(F)F. The summed E-state index contributed by atoms with van der Waals surface area (Å²) < 4.78 is 34.7. The van der Waals surface area contributed by atoms with Crippen LogP contribution < -0.4 is 5.48 Å². The molecule has 14 heavy (non-hydrogen) atoms. The number of carbonyl (C=O) groups is 1. The number of rotatable bonds is 4. The van der Waals surface area contributed by atoms with Gasteiger partial charge in [-0.25, -0.2) is 5.48 Å². The van der Waals surface area contributed by atoms with Crippen LogP contribution in [0.1, 0.15) is 13.8 Å². The number of halogens is 4. The van der Waals surface area contributed by atoms with Crippen LogP contribution in [0.4, 0.5) is 13.2 Å². The van der Waals surface area contributed by atoms with Crippen molar-refractivity contribution < 1.29 is 22.8 Å². The van der Waals surface area contributed by atoms with E-state index in [2.05, 4.69) is 20.8 Å². The highest BCUT2D eigenvalue weighted by molar-refractivity contribution is 9.10. The van der Waals surface area contributed by atoms with E-state index in [9.17, 15) is 18.0 Å². The maximum atomic E-state index is 11.6. The lowest BCUT2D eigenvalue weighted by Crippen LogP contribution is -2.36. The molecule has 1 unspecified atom stereocenters. The fraction of sp³-hybridized carbons (Fsp3) is 0.857. The molecule has 0 saturated carbocycles. The van der Waals surface area contributed by atoms with Crippen LogP contribution in [0, 0.1) is 5.92 Å². The molecule has 0 aliphatic carbocycles. The van der Waals surface area contributed by atoms with Gasteiger partial charge in [-0.1, -0.05) is 29.8 Å². The number of alkyl halides is 4. The van der Waals surface area contributed by atoms with Crippen molar-refractivity contribution in [3.8, 4) is 0 Å². The lowest BCUT2D eigenvalue weighted by Gasteiger charge is -2.14. The summed E-state index contributed by atoms with van der Waals surface area (Å²) >= 11 is 3.01. The van der Waals surface area contributed by atoms with Crippen molar-refractivity contribution in [1.82, 2.24) is 5.48 Å². The average molecular weight is 278 g/mol. The van der Waals surface area contributed by atoms with Crippen LogP contribution in [0.25, 0.3) is 0 Å². The van der Waals surface area contributed by atoms with Crippen LogP contribution in [0.15, 0.2) is 0 Å². The highest BCUT2D eigenvalue weighted by Crippen LogP contribution is 2.14.